The number of amides is 1. The third kappa shape index (κ3) is 3.93. The molecule has 2 rings (SSSR count). The van der Waals surface area contributed by atoms with Gasteiger partial charge in [0.2, 0.25) is 5.91 Å². The maximum absolute atomic E-state index is 12.0. The van der Waals surface area contributed by atoms with Gasteiger partial charge in [-0.25, -0.2) is 0 Å². The van der Waals surface area contributed by atoms with Crippen LogP contribution in [0.15, 0.2) is 30.3 Å². The van der Waals surface area contributed by atoms with E-state index in [4.69, 9.17) is 0 Å². The van der Waals surface area contributed by atoms with Gasteiger partial charge in [0.1, 0.15) is 0 Å². The fraction of sp³-hybridized carbons (Fsp3) is 0.438. The summed E-state index contributed by atoms with van der Waals surface area (Å²) in [7, 11) is 2.09. The summed E-state index contributed by atoms with van der Waals surface area (Å²) in [6, 6.07) is 8.35. The highest BCUT2D eigenvalue weighted by atomic mass is 16.2. The molecule has 0 saturated carbocycles. The van der Waals surface area contributed by atoms with Crippen molar-refractivity contribution in [2.24, 2.45) is 0 Å². The molecular formula is C16H22N2O. The summed E-state index contributed by atoms with van der Waals surface area (Å²) in [5, 5.41) is 0. The molecular weight excluding hydrogens is 236 g/mol. The van der Waals surface area contributed by atoms with Gasteiger partial charge in [-0.3, -0.25) is 4.79 Å². The Balaban J connectivity index is 1.92. The maximum Gasteiger partial charge on any atom is 0.246 e. The number of carbonyl (C=O) groups is 1. The van der Waals surface area contributed by atoms with Gasteiger partial charge in [-0.15, -0.1) is 0 Å². The quantitative estimate of drug-likeness (QED) is 0.775. The van der Waals surface area contributed by atoms with Crippen molar-refractivity contribution in [3.8, 4) is 0 Å². The van der Waals surface area contributed by atoms with Crippen LogP contribution >= 0.6 is 0 Å². The predicted molar refractivity (Wildman–Crippen MR) is 78.9 cm³/mol. The number of likely N-dealkylation sites (N-methyl/N-ethyl adjacent to an activating group) is 1. The van der Waals surface area contributed by atoms with Crippen LogP contribution in [0, 0.1) is 0 Å². The van der Waals surface area contributed by atoms with Crippen LogP contribution in [0.2, 0.25) is 0 Å². The molecule has 1 aliphatic heterocycles. The molecule has 1 heterocycles. The van der Waals surface area contributed by atoms with Gasteiger partial charge in [0.05, 0.1) is 0 Å². The van der Waals surface area contributed by atoms with E-state index in [-0.39, 0.29) is 5.91 Å². The lowest BCUT2D eigenvalue weighted by atomic mass is 10.1. The molecule has 0 atom stereocenters. The van der Waals surface area contributed by atoms with Crippen LogP contribution in [0.4, 0.5) is 0 Å². The fourth-order valence-electron chi connectivity index (χ4n) is 2.16. The molecule has 1 saturated heterocycles. The van der Waals surface area contributed by atoms with Crippen LogP contribution in [-0.2, 0) is 11.2 Å². The van der Waals surface area contributed by atoms with E-state index in [0.717, 1.165) is 38.2 Å². The Labute approximate surface area is 115 Å². The molecule has 1 aromatic rings. The van der Waals surface area contributed by atoms with E-state index in [2.05, 4.69) is 43.1 Å². The minimum Gasteiger partial charge on any atom is -0.337 e. The number of rotatable bonds is 3. The Morgan fingerprint density at radius 3 is 2.37 bits per heavy atom. The lowest BCUT2D eigenvalue weighted by Crippen LogP contribution is -2.46. The smallest absolute Gasteiger partial charge is 0.246 e. The van der Waals surface area contributed by atoms with Crippen molar-refractivity contribution in [1.82, 2.24) is 9.80 Å². The number of hydrogen-bond donors (Lipinski definition) is 0. The van der Waals surface area contributed by atoms with Crippen LogP contribution in [0.25, 0.3) is 6.08 Å². The van der Waals surface area contributed by atoms with Gasteiger partial charge in [0, 0.05) is 32.3 Å². The Morgan fingerprint density at radius 1 is 1.16 bits per heavy atom. The number of hydrogen-bond acceptors (Lipinski definition) is 2. The molecule has 0 aliphatic carbocycles. The van der Waals surface area contributed by atoms with Gasteiger partial charge < -0.3 is 9.80 Å². The van der Waals surface area contributed by atoms with Crippen molar-refractivity contribution in [3.05, 3.63) is 41.5 Å². The number of piperazine rings is 1. The second-order valence-corrected chi connectivity index (χ2v) is 5.06. The molecule has 19 heavy (non-hydrogen) atoms. The second-order valence-electron chi connectivity index (χ2n) is 5.06. The van der Waals surface area contributed by atoms with Gasteiger partial charge in [-0.1, -0.05) is 31.2 Å². The van der Waals surface area contributed by atoms with Crippen molar-refractivity contribution in [3.63, 3.8) is 0 Å². The minimum atomic E-state index is 0.118. The first kappa shape index (κ1) is 13.8. The van der Waals surface area contributed by atoms with Gasteiger partial charge in [-0.05, 0) is 30.7 Å². The van der Waals surface area contributed by atoms with Crippen LogP contribution in [-0.4, -0.2) is 48.9 Å². The maximum atomic E-state index is 12.0. The molecule has 3 heteroatoms. The molecule has 3 nitrogen and oxygen atoms in total. The number of aryl methyl sites for hydroxylation is 1. The van der Waals surface area contributed by atoms with Crippen molar-refractivity contribution >= 4 is 12.0 Å². The highest BCUT2D eigenvalue weighted by Crippen LogP contribution is 2.08. The van der Waals surface area contributed by atoms with Crippen LogP contribution in [0.3, 0.4) is 0 Å². The van der Waals surface area contributed by atoms with E-state index in [9.17, 15) is 4.79 Å². The minimum absolute atomic E-state index is 0.118. The van der Waals surface area contributed by atoms with E-state index in [1.54, 1.807) is 6.08 Å². The average Bonchev–Trinajstić information content (AvgIpc) is 2.46. The second kappa shape index (κ2) is 6.53. The Bertz CT molecular complexity index is 442. The van der Waals surface area contributed by atoms with Gasteiger partial charge in [0.15, 0.2) is 0 Å². The summed E-state index contributed by atoms with van der Waals surface area (Å²) < 4.78 is 0. The largest absolute Gasteiger partial charge is 0.337 e. The molecule has 1 amide bonds. The monoisotopic (exact) mass is 258 g/mol. The standard InChI is InChI=1S/C16H22N2O/c1-3-14-4-6-15(7-5-14)8-9-16(19)18-12-10-17(2)11-13-18/h4-9H,3,10-13H2,1-2H3. The van der Waals surface area contributed by atoms with E-state index in [0.29, 0.717) is 0 Å². The zero-order valence-corrected chi connectivity index (χ0v) is 11.8. The lowest BCUT2D eigenvalue weighted by Gasteiger charge is -2.31. The zero-order chi connectivity index (χ0) is 13.7. The van der Waals surface area contributed by atoms with Gasteiger partial charge >= 0.3 is 0 Å². The number of benzene rings is 1. The average molecular weight is 258 g/mol. The molecule has 0 bridgehead atoms. The van der Waals surface area contributed by atoms with E-state index < -0.39 is 0 Å². The molecule has 0 aromatic heterocycles. The first-order valence-corrected chi connectivity index (χ1v) is 6.93. The molecule has 1 fully saturated rings. The molecule has 1 aliphatic rings. The zero-order valence-electron chi connectivity index (χ0n) is 11.8. The fourth-order valence-corrected chi connectivity index (χ4v) is 2.16. The SMILES string of the molecule is CCc1ccc(C=CC(=O)N2CCN(C)CC2)cc1. The Hall–Kier alpha value is -1.61. The van der Waals surface area contributed by atoms with E-state index in [1.807, 2.05) is 11.0 Å². The molecule has 0 unspecified atom stereocenters. The van der Waals surface area contributed by atoms with Crippen molar-refractivity contribution in [1.29, 1.82) is 0 Å². The summed E-state index contributed by atoms with van der Waals surface area (Å²) in [4.78, 5) is 16.2. The Kier molecular flexibility index (Phi) is 4.74. The number of nitrogens with zero attached hydrogens (tertiary/aromatic N) is 2. The Morgan fingerprint density at radius 2 is 1.79 bits per heavy atom. The predicted octanol–water partition coefficient (Wildman–Crippen LogP) is 2.04. The van der Waals surface area contributed by atoms with Crippen molar-refractivity contribution < 1.29 is 4.79 Å². The third-order valence-corrected chi connectivity index (χ3v) is 3.62. The first-order valence-electron chi connectivity index (χ1n) is 6.93. The molecule has 0 spiro atoms. The topological polar surface area (TPSA) is 23.6 Å². The number of carbonyl (C=O) groups excluding carboxylic acids is 1. The molecule has 0 N–H and O–H groups in total. The lowest BCUT2D eigenvalue weighted by molar-refractivity contribution is -0.127. The summed E-state index contributed by atoms with van der Waals surface area (Å²) in [6.07, 6.45) is 4.64. The van der Waals surface area contributed by atoms with Gasteiger partial charge in [0.25, 0.3) is 0 Å². The molecule has 102 valence electrons. The van der Waals surface area contributed by atoms with Crippen LogP contribution in [0.5, 0.6) is 0 Å². The van der Waals surface area contributed by atoms with E-state index >= 15 is 0 Å². The van der Waals surface area contributed by atoms with Crippen LogP contribution < -0.4 is 0 Å². The van der Waals surface area contributed by atoms with Crippen molar-refractivity contribution in [2.45, 2.75) is 13.3 Å². The molecule has 1 aromatic carbocycles. The van der Waals surface area contributed by atoms with E-state index in [1.165, 1.54) is 5.56 Å². The summed E-state index contributed by atoms with van der Waals surface area (Å²) in [5.74, 6) is 0.118. The third-order valence-electron chi connectivity index (χ3n) is 3.62. The first-order chi connectivity index (χ1) is 9.19. The van der Waals surface area contributed by atoms with Crippen LogP contribution in [0.1, 0.15) is 18.1 Å². The highest BCUT2D eigenvalue weighted by Gasteiger charge is 2.16. The van der Waals surface area contributed by atoms with Crippen molar-refractivity contribution in [2.75, 3.05) is 33.2 Å². The van der Waals surface area contributed by atoms with Gasteiger partial charge in [-0.2, -0.15) is 0 Å². The summed E-state index contributed by atoms with van der Waals surface area (Å²) >= 11 is 0. The molecule has 0 radical (unpaired) electrons. The summed E-state index contributed by atoms with van der Waals surface area (Å²) in [5.41, 5.74) is 2.40. The summed E-state index contributed by atoms with van der Waals surface area (Å²) in [6.45, 7) is 5.72. The normalized spacial score (nSPS) is 17.1. The highest BCUT2D eigenvalue weighted by molar-refractivity contribution is 5.91.